The third kappa shape index (κ3) is 3.71. The Kier molecular flexibility index (Phi) is 4.49. The molecular weight excluding hydrogens is 322 g/mol. The van der Waals surface area contributed by atoms with Crippen molar-refractivity contribution in [2.45, 2.75) is 26.2 Å². The average Bonchev–Trinajstić information content (AvgIpc) is 3.02. The lowest BCUT2D eigenvalue weighted by molar-refractivity contribution is -0.118. The highest BCUT2D eigenvalue weighted by molar-refractivity contribution is 7.00. The van der Waals surface area contributed by atoms with Crippen LogP contribution in [0.2, 0.25) is 0 Å². The molecule has 6 heteroatoms. The molecule has 0 aliphatic carbocycles. The number of nitrogens with zero attached hydrogens (tertiary/aromatic N) is 2. The molecule has 0 unspecified atom stereocenters. The molecule has 0 radical (unpaired) electrons. The van der Waals surface area contributed by atoms with Crippen molar-refractivity contribution in [1.82, 2.24) is 8.75 Å². The molecule has 0 saturated carbocycles. The van der Waals surface area contributed by atoms with E-state index in [9.17, 15) is 4.79 Å². The highest BCUT2D eigenvalue weighted by Gasteiger charge is 2.13. The van der Waals surface area contributed by atoms with Gasteiger partial charge in [-0.05, 0) is 35.2 Å². The topological polar surface area (TPSA) is 64.1 Å². The zero-order chi connectivity index (χ0) is 17.2. The molecular formula is C18H19N3O2S. The van der Waals surface area contributed by atoms with Crippen LogP contribution in [-0.2, 0) is 10.2 Å². The maximum Gasteiger partial charge on any atom is 0.262 e. The van der Waals surface area contributed by atoms with E-state index in [4.69, 9.17) is 4.74 Å². The van der Waals surface area contributed by atoms with Crippen molar-refractivity contribution in [1.29, 1.82) is 0 Å². The van der Waals surface area contributed by atoms with Gasteiger partial charge in [0.05, 0.1) is 17.4 Å². The fraction of sp³-hybridized carbons (Fsp3) is 0.278. The van der Waals surface area contributed by atoms with E-state index in [1.165, 1.54) is 5.56 Å². The van der Waals surface area contributed by atoms with Crippen LogP contribution in [0.5, 0.6) is 5.75 Å². The summed E-state index contributed by atoms with van der Waals surface area (Å²) < 4.78 is 13.9. The molecule has 24 heavy (non-hydrogen) atoms. The number of amides is 1. The summed E-state index contributed by atoms with van der Waals surface area (Å²) in [5.41, 5.74) is 3.44. The van der Waals surface area contributed by atoms with E-state index in [-0.39, 0.29) is 17.9 Å². The Hall–Kier alpha value is -2.47. The third-order valence-electron chi connectivity index (χ3n) is 3.65. The number of fused-ring (bicyclic) bond motifs is 1. The molecule has 3 aromatic rings. The maximum absolute atomic E-state index is 12.1. The van der Waals surface area contributed by atoms with Gasteiger partial charge in [0, 0.05) is 0 Å². The number of carbonyl (C=O) groups excluding carboxylic acids is 1. The molecule has 0 aliphatic heterocycles. The van der Waals surface area contributed by atoms with Crippen LogP contribution in [0.25, 0.3) is 11.0 Å². The first-order chi connectivity index (χ1) is 11.4. The van der Waals surface area contributed by atoms with Crippen molar-refractivity contribution < 1.29 is 9.53 Å². The first-order valence-electron chi connectivity index (χ1n) is 7.68. The van der Waals surface area contributed by atoms with Gasteiger partial charge in [0.25, 0.3) is 5.91 Å². The minimum atomic E-state index is -0.226. The lowest BCUT2D eigenvalue weighted by Gasteiger charge is -2.19. The number of rotatable bonds is 4. The van der Waals surface area contributed by atoms with Gasteiger partial charge in [-0.1, -0.05) is 39.0 Å². The SMILES string of the molecule is CC(C)(C)c1ccc(OCC(=O)Nc2cccc3nsnc23)cc1. The van der Waals surface area contributed by atoms with Crippen LogP contribution in [0.3, 0.4) is 0 Å². The Bertz CT molecular complexity index is 851. The molecule has 0 spiro atoms. The average molecular weight is 341 g/mol. The van der Waals surface area contributed by atoms with Crippen LogP contribution in [0, 0.1) is 0 Å². The lowest BCUT2D eigenvalue weighted by atomic mass is 9.87. The van der Waals surface area contributed by atoms with Gasteiger partial charge >= 0.3 is 0 Å². The molecule has 1 N–H and O–H groups in total. The van der Waals surface area contributed by atoms with Crippen molar-refractivity contribution in [3.8, 4) is 5.75 Å². The van der Waals surface area contributed by atoms with Crippen molar-refractivity contribution >= 4 is 34.4 Å². The molecule has 2 aromatic carbocycles. The normalized spacial score (nSPS) is 11.5. The van der Waals surface area contributed by atoms with Crippen LogP contribution in [0.15, 0.2) is 42.5 Å². The Balaban J connectivity index is 1.61. The summed E-state index contributed by atoms with van der Waals surface area (Å²) in [6.07, 6.45) is 0. The fourth-order valence-corrected chi connectivity index (χ4v) is 2.84. The summed E-state index contributed by atoms with van der Waals surface area (Å²) in [5.74, 6) is 0.446. The minimum absolute atomic E-state index is 0.0528. The Morgan fingerprint density at radius 1 is 1.12 bits per heavy atom. The second-order valence-electron chi connectivity index (χ2n) is 6.55. The number of aromatic nitrogens is 2. The van der Waals surface area contributed by atoms with Gasteiger partial charge in [-0.3, -0.25) is 4.79 Å². The quantitative estimate of drug-likeness (QED) is 0.779. The number of ether oxygens (including phenoxy) is 1. The van der Waals surface area contributed by atoms with Crippen LogP contribution in [0.4, 0.5) is 5.69 Å². The van der Waals surface area contributed by atoms with Crippen molar-refractivity contribution in [2.75, 3.05) is 11.9 Å². The van der Waals surface area contributed by atoms with Crippen molar-refractivity contribution in [2.24, 2.45) is 0 Å². The summed E-state index contributed by atoms with van der Waals surface area (Å²) in [6, 6.07) is 13.3. The Morgan fingerprint density at radius 3 is 2.58 bits per heavy atom. The van der Waals surface area contributed by atoms with Crippen molar-refractivity contribution in [3.63, 3.8) is 0 Å². The van der Waals surface area contributed by atoms with Crippen LogP contribution in [-0.4, -0.2) is 21.3 Å². The number of hydrogen-bond acceptors (Lipinski definition) is 5. The van der Waals surface area contributed by atoms with Crippen LogP contribution < -0.4 is 10.1 Å². The molecule has 124 valence electrons. The molecule has 1 aromatic heterocycles. The molecule has 1 heterocycles. The molecule has 1 amide bonds. The van der Waals surface area contributed by atoms with Gasteiger partial charge < -0.3 is 10.1 Å². The largest absolute Gasteiger partial charge is 0.484 e. The number of benzene rings is 2. The maximum atomic E-state index is 12.1. The van der Waals surface area contributed by atoms with Gasteiger partial charge in [-0.2, -0.15) is 8.75 Å². The monoisotopic (exact) mass is 341 g/mol. The predicted octanol–water partition coefficient (Wildman–Crippen LogP) is 4.01. The van der Waals surface area contributed by atoms with Crippen LogP contribution in [0.1, 0.15) is 26.3 Å². The second kappa shape index (κ2) is 6.57. The minimum Gasteiger partial charge on any atom is -0.484 e. The zero-order valence-corrected chi connectivity index (χ0v) is 14.7. The molecule has 5 nitrogen and oxygen atoms in total. The summed E-state index contributed by atoms with van der Waals surface area (Å²) in [7, 11) is 0. The van der Waals surface area contributed by atoms with E-state index in [0.29, 0.717) is 17.0 Å². The van der Waals surface area contributed by atoms with E-state index in [1.54, 1.807) is 6.07 Å². The first-order valence-corrected chi connectivity index (χ1v) is 8.41. The van der Waals surface area contributed by atoms with Crippen LogP contribution >= 0.6 is 11.7 Å². The number of carbonyl (C=O) groups is 1. The molecule has 0 aliphatic rings. The summed E-state index contributed by atoms with van der Waals surface area (Å²) in [5, 5.41) is 2.82. The fourth-order valence-electron chi connectivity index (χ4n) is 2.29. The smallest absolute Gasteiger partial charge is 0.262 e. The van der Waals surface area contributed by atoms with E-state index in [0.717, 1.165) is 17.2 Å². The lowest BCUT2D eigenvalue weighted by Crippen LogP contribution is -2.20. The third-order valence-corrected chi connectivity index (χ3v) is 4.19. The van der Waals surface area contributed by atoms with Gasteiger partial charge in [0.1, 0.15) is 16.8 Å². The Labute approximate surface area is 145 Å². The highest BCUT2D eigenvalue weighted by Crippen LogP contribution is 2.24. The van der Waals surface area contributed by atoms with E-state index < -0.39 is 0 Å². The number of hydrogen-bond donors (Lipinski definition) is 1. The Morgan fingerprint density at radius 2 is 1.88 bits per heavy atom. The standard InChI is InChI=1S/C18H19N3O2S/c1-18(2,3)12-7-9-13(10-8-12)23-11-16(22)19-14-5-4-6-15-17(14)21-24-20-15/h4-10H,11H2,1-3H3,(H,19,22). The highest BCUT2D eigenvalue weighted by atomic mass is 32.1. The first kappa shape index (κ1) is 16.4. The molecule has 3 rings (SSSR count). The van der Waals surface area contributed by atoms with E-state index in [1.807, 2.05) is 36.4 Å². The van der Waals surface area contributed by atoms with Gasteiger partial charge in [0.2, 0.25) is 0 Å². The molecule has 0 bridgehead atoms. The number of anilines is 1. The summed E-state index contributed by atoms with van der Waals surface area (Å²) in [6.45, 7) is 6.42. The molecule has 0 atom stereocenters. The summed E-state index contributed by atoms with van der Waals surface area (Å²) >= 11 is 1.13. The van der Waals surface area contributed by atoms with Crippen molar-refractivity contribution in [3.05, 3.63) is 48.0 Å². The molecule has 0 saturated heterocycles. The van der Waals surface area contributed by atoms with Gasteiger partial charge in [0.15, 0.2) is 6.61 Å². The predicted molar refractivity (Wildman–Crippen MR) is 96.7 cm³/mol. The molecule has 0 fully saturated rings. The van der Waals surface area contributed by atoms with E-state index in [2.05, 4.69) is 34.8 Å². The summed E-state index contributed by atoms with van der Waals surface area (Å²) in [4.78, 5) is 12.1. The van der Waals surface area contributed by atoms with Gasteiger partial charge in [-0.15, -0.1) is 0 Å². The van der Waals surface area contributed by atoms with Gasteiger partial charge in [-0.25, -0.2) is 0 Å². The zero-order valence-electron chi connectivity index (χ0n) is 13.9. The van der Waals surface area contributed by atoms with E-state index >= 15 is 0 Å². The number of nitrogens with one attached hydrogen (secondary N) is 1. The second-order valence-corrected chi connectivity index (χ2v) is 7.08.